The molecule has 0 amide bonds. The third kappa shape index (κ3) is 2.40. The molecule has 2 aromatic rings. The molecule has 0 spiro atoms. The Morgan fingerprint density at radius 3 is 2.65 bits per heavy atom. The first kappa shape index (κ1) is 13.4. The van der Waals surface area contributed by atoms with Crippen LogP contribution in [-0.2, 0) is 0 Å². The zero-order valence-corrected chi connectivity index (χ0v) is 12.6. The van der Waals surface area contributed by atoms with Gasteiger partial charge in [0, 0.05) is 17.1 Å². The molecular formula is C18H23NO. The monoisotopic (exact) mass is 269 g/mol. The largest absolute Gasteiger partial charge is 0.472 e. The number of rotatable bonds is 2. The summed E-state index contributed by atoms with van der Waals surface area (Å²) in [6, 6.07) is 11.3. The number of benzene rings is 1. The first-order valence-electron chi connectivity index (χ1n) is 7.45. The molecule has 1 aromatic heterocycles. The SMILES string of the molecule is CC(C)(C)N1CCCC1c1ccccc1-c1ccoc1. The van der Waals surface area contributed by atoms with Gasteiger partial charge in [0.15, 0.2) is 0 Å². The van der Waals surface area contributed by atoms with Crippen LogP contribution in [0.2, 0.25) is 0 Å². The van der Waals surface area contributed by atoms with Gasteiger partial charge in [-0.3, -0.25) is 4.90 Å². The number of hydrogen-bond donors (Lipinski definition) is 0. The van der Waals surface area contributed by atoms with Crippen molar-refractivity contribution in [3.63, 3.8) is 0 Å². The average Bonchev–Trinajstić information content (AvgIpc) is 3.09. The maximum atomic E-state index is 5.27. The van der Waals surface area contributed by atoms with Gasteiger partial charge in [-0.25, -0.2) is 0 Å². The van der Waals surface area contributed by atoms with Crippen molar-refractivity contribution >= 4 is 0 Å². The molecule has 106 valence electrons. The summed E-state index contributed by atoms with van der Waals surface area (Å²) in [5.41, 5.74) is 4.13. The Hall–Kier alpha value is -1.54. The summed E-state index contributed by atoms with van der Waals surface area (Å²) in [4.78, 5) is 2.63. The van der Waals surface area contributed by atoms with E-state index in [1.165, 1.54) is 36.1 Å². The van der Waals surface area contributed by atoms with Crippen LogP contribution in [0.3, 0.4) is 0 Å². The van der Waals surface area contributed by atoms with Gasteiger partial charge in [-0.2, -0.15) is 0 Å². The molecule has 2 nitrogen and oxygen atoms in total. The van der Waals surface area contributed by atoms with Crippen molar-refractivity contribution in [3.05, 3.63) is 48.4 Å². The Kier molecular flexibility index (Phi) is 3.43. The third-order valence-electron chi connectivity index (χ3n) is 4.27. The average molecular weight is 269 g/mol. The van der Waals surface area contributed by atoms with Crippen molar-refractivity contribution in [3.8, 4) is 11.1 Å². The lowest BCUT2D eigenvalue weighted by Gasteiger charge is -2.37. The normalized spacial score (nSPS) is 20.4. The van der Waals surface area contributed by atoms with E-state index in [9.17, 15) is 0 Å². The van der Waals surface area contributed by atoms with E-state index in [0.717, 1.165) is 0 Å². The summed E-state index contributed by atoms with van der Waals surface area (Å²) in [7, 11) is 0. The maximum Gasteiger partial charge on any atom is 0.0981 e. The second kappa shape index (κ2) is 5.10. The summed E-state index contributed by atoms with van der Waals surface area (Å²) in [6.45, 7) is 8.12. The van der Waals surface area contributed by atoms with Gasteiger partial charge in [-0.05, 0) is 57.4 Å². The standard InChI is InChI=1S/C18H23NO/c1-18(2,3)19-11-6-9-17(19)16-8-5-4-7-15(16)14-10-12-20-13-14/h4-5,7-8,10,12-13,17H,6,9,11H2,1-3H3. The molecule has 0 aliphatic carbocycles. The summed E-state index contributed by atoms with van der Waals surface area (Å²) >= 11 is 0. The molecule has 1 fully saturated rings. The minimum Gasteiger partial charge on any atom is -0.472 e. The van der Waals surface area contributed by atoms with Gasteiger partial charge >= 0.3 is 0 Å². The van der Waals surface area contributed by atoms with E-state index in [2.05, 4.69) is 56.0 Å². The molecule has 3 rings (SSSR count). The number of hydrogen-bond acceptors (Lipinski definition) is 2. The fraction of sp³-hybridized carbons (Fsp3) is 0.444. The minimum atomic E-state index is 0.213. The highest BCUT2D eigenvalue weighted by molar-refractivity contribution is 5.67. The second-order valence-corrected chi connectivity index (χ2v) is 6.62. The molecule has 20 heavy (non-hydrogen) atoms. The molecule has 1 unspecified atom stereocenters. The number of furan rings is 1. The Morgan fingerprint density at radius 2 is 1.95 bits per heavy atom. The van der Waals surface area contributed by atoms with Crippen LogP contribution < -0.4 is 0 Å². The van der Waals surface area contributed by atoms with Crippen molar-refractivity contribution in [2.24, 2.45) is 0 Å². The van der Waals surface area contributed by atoms with Crippen molar-refractivity contribution in [2.45, 2.75) is 45.2 Å². The van der Waals surface area contributed by atoms with E-state index in [0.29, 0.717) is 6.04 Å². The number of nitrogens with zero attached hydrogens (tertiary/aromatic N) is 1. The quantitative estimate of drug-likeness (QED) is 0.772. The molecule has 1 aromatic carbocycles. The first-order chi connectivity index (χ1) is 9.57. The molecule has 1 aliphatic rings. The summed E-state index contributed by atoms with van der Waals surface area (Å²) in [6.07, 6.45) is 6.12. The molecule has 2 heterocycles. The van der Waals surface area contributed by atoms with Crippen LogP contribution in [0.4, 0.5) is 0 Å². The lowest BCUT2D eigenvalue weighted by molar-refractivity contribution is 0.122. The van der Waals surface area contributed by atoms with Crippen molar-refractivity contribution in [2.75, 3.05) is 6.54 Å². The van der Waals surface area contributed by atoms with E-state index in [1.807, 2.05) is 6.26 Å². The highest BCUT2D eigenvalue weighted by atomic mass is 16.3. The fourth-order valence-corrected chi connectivity index (χ4v) is 3.36. The summed E-state index contributed by atoms with van der Waals surface area (Å²) in [5, 5.41) is 0. The van der Waals surface area contributed by atoms with E-state index in [4.69, 9.17) is 4.42 Å². The van der Waals surface area contributed by atoms with Gasteiger partial charge < -0.3 is 4.42 Å². The van der Waals surface area contributed by atoms with Crippen LogP contribution in [-0.4, -0.2) is 17.0 Å². The molecule has 0 radical (unpaired) electrons. The Morgan fingerprint density at radius 1 is 1.15 bits per heavy atom. The first-order valence-corrected chi connectivity index (χ1v) is 7.45. The van der Waals surface area contributed by atoms with Gasteiger partial charge in [0.05, 0.1) is 12.5 Å². The molecule has 0 N–H and O–H groups in total. The zero-order chi connectivity index (χ0) is 14.2. The molecule has 1 atom stereocenters. The van der Waals surface area contributed by atoms with E-state index >= 15 is 0 Å². The maximum absolute atomic E-state index is 5.27. The predicted molar refractivity (Wildman–Crippen MR) is 82.6 cm³/mol. The fourth-order valence-electron chi connectivity index (χ4n) is 3.36. The van der Waals surface area contributed by atoms with Gasteiger partial charge in [0.1, 0.15) is 0 Å². The van der Waals surface area contributed by atoms with Gasteiger partial charge in [0.2, 0.25) is 0 Å². The summed E-state index contributed by atoms with van der Waals surface area (Å²) < 4.78 is 5.27. The van der Waals surface area contributed by atoms with E-state index in [-0.39, 0.29) is 5.54 Å². The van der Waals surface area contributed by atoms with Gasteiger partial charge in [-0.15, -0.1) is 0 Å². The van der Waals surface area contributed by atoms with Crippen LogP contribution >= 0.6 is 0 Å². The number of likely N-dealkylation sites (tertiary alicyclic amines) is 1. The Balaban J connectivity index is 2.02. The minimum absolute atomic E-state index is 0.213. The molecule has 1 saturated heterocycles. The Bertz CT molecular complexity index is 565. The Labute approximate surface area is 121 Å². The van der Waals surface area contributed by atoms with Gasteiger partial charge in [-0.1, -0.05) is 24.3 Å². The molecule has 1 aliphatic heterocycles. The van der Waals surface area contributed by atoms with Crippen molar-refractivity contribution < 1.29 is 4.42 Å². The lowest BCUT2D eigenvalue weighted by Crippen LogP contribution is -2.40. The van der Waals surface area contributed by atoms with Crippen LogP contribution in [0, 0.1) is 0 Å². The third-order valence-corrected chi connectivity index (χ3v) is 4.27. The van der Waals surface area contributed by atoms with E-state index in [1.54, 1.807) is 6.26 Å². The lowest BCUT2D eigenvalue weighted by atomic mass is 9.93. The molecule has 0 bridgehead atoms. The van der Waals surface area contributed by atoms with Crippen LogP contribution in [0.1, 0.15) is 45.2 Å². The molecule has 0 saturated carbocycles. The topological polar surface area (TPSA) is 16.4 Å². The van der Waals surface area contributed by atoms with Crippen LogP contribution in [0.15, 0.2) is 47.3 Å². The predicted octanol–water partition coefficient (Wildman–Crippen LogP) is 4.88. The summed E-state index contributed by atoms with van der Waals surface area (Å²) in [5.74, 6) is 0. The highest BCUT2D eigenvalue weighted by Gasteiger charge is 2.34. The molecule has 2 heteroatoms. The second-order valence-electron chi connectivity index (χ2n) is 6.62. The van der Waals surface area contributed by atoms with Crippen molar-refractivity contribution in [1.82, 2.24) is 4.90 Å². The van der Waals surface area contributed by atoms with Gasteiger partial charge in [0.25, 0.3) is 0 Å². The van der Waals surface area contributed by atoms with Crippen LogP contribution in [0.5, 0.6) is 0 Å². The van der Waals surface area contributed by atoms with E-state index < -0.39 is 0 Å². The zero-order valence-electron chi connectivity index (χ0n) is 12.6. The highest BCUT2D eigenvalue weighted by Crippen LogP contribution is 2.41. The van der Waals surface area contributed by atoms with Crippen molar-refractivity contribution in [1.29, 1.82) is 0 Å². The smallest absolute Gasteiger partial charge is 0.0981 e. The van der Waals surface area contributed by atoms with Crippen LogP contribution in [0.25, 0.3) is 11.1 Å². The molecular weight excluding hydrogens is 246 g/mol.